The van der Waals surface area contributed by atoms with E-state index < -0.39 is 5.41 Å². The highest BCUT2D eigenvalue weighted by Crippen LogP contribution is 2.57. The van der Waals surface area contributed by atoms with Gasteiger partial charge in [0.15, 0.2) is 5.82 Å². The second-order valence-corrected chi connectivity index (χ2v) is 11.6. The zero-order chi connectivity index (χ0) is 30.5. The average molecular weight is 592 g/mol. The Kier molecular flexibility index (Phi) is 6.00. The minimum atomic E-state index is -0.498. The van der Waals surface area contributed by atoms with Crippen molar-refractivity contribution in [3.63, 3.8) is 0 Å². The molecule has 4 heteroatoms. The fourth-order valence-corrected chi connectivity index (χ4v) is 7.32. The van der Waals surface area contributed by atoms with E-state index in [4.69, 9.17) is 9.40 Å². The first kappa shape index (κ1) is 26.3. The van der Waals surface area contributed by atoms with Crippen LogP contribution in [0, 0.1) is 0 Å². The molecule has 0 aliphatic heterocycles. The third-order valence-corrected chi connectivity index (χ3v) is 9.21. The molecule has 0 spiro atoms. The predicted molar refractivity (Wildman–Crippen MR) is 185 cm³/mol. The lowest BCUT2D eigenvalue weighted by Crippen LogP contribution is -2.28. The van der Waals surface area contributed by atoms with Crippen LogP contribution in [-0.2, 0) is 5.41 Å². The van der Waals surface area contributed by atoms with E-state index in [0.29, 0.717) is 5.84 Å². The van der Waals surface area contributed by atoms with Gasteiger partial charge in [-0.15, -0.1) is 0 Å². The number of benzene rings is 6. The fraction of sp³-hybridized carbons (Fsp3) is 0.0238. The van der Waals surface area contributed by atoms with Crippen LogP contribution in [0.2, 0.25) is 0 Å². The number of fused-ring (bicyclic) bond motifs is 4. The van der Waals surface area contributed by atoms with Crippen LogP contribution in [0.4, 0.5) is 17.2 Å². The Morgan fingerprint density at radius 1 is 0.543 bits per heavy atom. The van der Waals surface area contributed by atoms with Crippen LogP contribution in [0.15, 0.2) is 181 Å². The van der Waals surface area contributed by atoms with Gasteiger partial charge in [0, 0.05) is 16.9 Å². The first-order valence-electron chi connectivity index (χ1n) is 15.6. The number of rotatable bonds is 6. The number of anilines is 3. The van der Waals surface area contributed by atoms with E-state index in [1.54, 1.807) is 6.26 Å². The molecule has 218 valence electrons. The van der Waals surface area contributed by atoms with Crippen molar-refractivity contribution in [3.05, 3.63) is 199 Å². The molecule has 0 radical (unpaired) electrons. The summed E-state index contributed by atoms with van der Waals surface area (Å²) in [5.74, 6) is 1.46. The molecule has 1 aliphatic rings. The molecular formula is C42H29N3O. The zero-order valence-electron chi connectivity index (χ0n) is 25.0. The van der Waals surface area contributed by atoms with E-state index in [1.807, 2.05) is 22.7 Å². The average Bonchev–Trinajstić information content (AvgIpc) is 3.82. The largest absolute Gasteiger partial charge is 0.432 e. The number of hydrogen-bond acceptors (Lipinski definition) is 3. The van der Waals surface area contributed by atoms with Gasteiger partial charge in [-0.2, -0.15) is 4.98 Å². The molecular weight excluding hydrogens is 562 g/mol. The van der Waals surface area contributed by atoms with Gasteiger partial charge in [0.2, 0.25) is 0 Å². The molecule has 46 heavy (non-hydrogen) atoms. The standard InChI is InChI=1S/C42H29N3O/c1-5-15-31(16-6-1)42(32-17-7-2-8-18-32)37-24-14-13-23-35(37)36-26-25-30(29-38(36)42)39-40(44-27-28-46-41(44)43-39)45(33-19-9-3-10-20-33)34-21-11-4-12-22-34/h1-29H. The van der Waals surface area contributed by atoms with Crippen molar-refractivity contribution >= 4 is 23.0 Å². The van der Waals surface area contributed by atoms with Crippen molar-refractivity contribution in [1.82, 2.24) is 9.38 Å². The number of para-hydroxylation sites is 2. The van der Waals surface area contributed by atoms with Crippen molar-refractivity contribution in [3.8, 4) is 22.4 Å². The highest BCUT2D eigenvalue weighted by atomic mass is 16.3. The molecule has 2 aromatic heterocycles. The van der Waals surface area contributed by atoms with Gasteiger partial charge < -0.3 is 4.42 Å². The normalized spacial score (nSPS) is 13.0. The number of hydrogen-bond donors (Lipinski definition) is 0. The third-order valence-electron chi connectivity index (χ3n) is 9.21. The Hall–Kier alpha value is -6.13. The van der Waals surface area contributed by atoms with Gasteiger partial charge in [0.1, 0.15) is 12.0 Å². The molecule has 1 aliphatic carbocycles. The highest BCUT2D eigenvalue weighted by Gasteiger charge is 2.46. The lowest BCUT2D eigenvalue weighted by molar-refractivity contribution is 0.596. The van der Waals surface area contributed by atoms with Crippen molar-refractivity contribution < 1.29 is 4.42 Å². The van der Waals surface area contributed by atoms with Crippen molar-refractivity contribution in [2.24, 2.45) is 0 Å². The van der Waals surface area contributed by atoms with Crippen LogP contribution in [0.25, 0.3) is 28.2 Å². The molecule has 4 nitrogen and oxygen atoms in total. The van der Waals surface area contributed by atoms with E-state index >= 15 is 0 Å². The summed E-state index contributed by atoms with van der Waals surface area (Å²) in [5.41, 5.74) is 10.9. The Morgan fingerprint density at radius 3 is 1.72 bits per heavy atom. The summed E-state index contributed by atoms with van der Waals surface area (Å²) in [5, 5.41) is 0. The Bertz CT molecular complexity index is 2230. The number of aromatic nitrogens is 2. The van der Waals surface area contributed by atoms with E-state index in [-0.39, 0.29) is 0 Å². The topological polar surface area (TPSA) is 33.7 Å². The molecule has 0 saturated carbocycles. The van der Waals surface area contributed by atoms with Gasteiger partial charge in [-0.05, 0) is 63.7 Å². The van der Waals surface area contributed by atoms with Gasteiger partial charge >= 0.3 is 5.84 Å². The summed E-state index contributed by atoms with van der Waals surface area (Å²) in [4.78, 5) is 7.40. The summed E-state index contributed by atoms with van der Waals surface area (Å²) in [6.07, 6.45) is 3.64. The van der Waals surface area contributed by atoms with Crippen LogP contribution < -0.4 is 4.90 Å². The van der Waals surface area contributed by atoms with E-state index in [2.05, 4.69) is 157 Å². The molecule has 0 saturated heterocycles. The van der Waals surface area contributed by atoms with E-state index in [9.17, 15) is 0 Å². The first-order chi connectivity index (χ1) is 22.8. The second-order valence-electron chi connectivity index (χ2n) is 11.6. The molecule has 8 aromatic rings. The van der Waals surface area contributed by atoms with Crippen molar-refractivity contribution in [2.45, 2.75) is 5.41 Å². The van der Waals surface area contributed by atoms with Crippen LogP contribution in [0.3, 0.4) is 0 Å². The van der Waals surface area contributed by atoms with Gasteiger partial charge in [-0.3, -0.25) is 9.30 Å². The minimum Gasteiger partial charge on any atom is -0.432 e. The maximum absolute atomic E-state index is 5.93. The van der Waals surface area contributed by atoms with Gasteiger partial charge in [0.05, 0.1) is 11.6 Å². The summed E-state index contributed by atoms with van der Waals surface area (Å²) in [6.45, 7) is 0. The monoisotopic (exact) mass is 591 g/mol. The summed E-state index contributed by atoms with van der Waals surface area (Å²) in [6, 6.07) is 58.3. The van der Waals surface area contributed by atoms with E-state index in [0.717, 1.165) is 28.5 Å². The molecule has 6 aromatic carbocycles. The quantitative estimate of drug-likeness (QED) is 0.193. The zero-order valence-corrected chi connectivity index (χ0v) is 25.0. The highest BCUT2D eigenvalue weighted by molar-refractivity contribution is 5.91. The van der Waals surface area contributed by atoms with Crippen molar-refractivity contribution in [2.75, 3.05) is 4.90 Å². The van der Waals surface area contributed by atoms with E-state index in [1.165, 1.54) is 33.4 Å². The molecule has 0 atom stereocenters. The van der Waals surface area contributed by atoms with Gasteiger partial charge in [-0.25, -0.2) is 0 Å². The summed E-state index contributed by atoms with van der Waals surface area (Å²) < 4.78 is 7.97. The molecule has 0 amide bonds. The summed E-state index contributed by atoms with van der Waals surface area (Å²) in [7, 11) is 0. The Balaban J connectivity index is 1.34. The number of oxazole rings is 1. The minimum absolute atomic E-state index is 0.498. The Labute approximate surface area is 267 Å². The first-order valence-corrected chi connectivity index (χ1v) is 15.6. The van der Waals surface area contributed by atoms with Crippen LogP contribution in [0.1, 0.15) is 22.3 Å². The Morgan fingerprint density at radius 2 is 1.09 bits per heavy atom. The molecule has 2 heterocycles. The smallest absolute Gasteiger partial charge is 0.308 e. The molecule has 0 unspecified atom stereocenters. The SMILES string of the molecule is c1ccc(N(c2ccccc2)c2c(-c3ccc4c(c3)C(c3ccccc3)(c3ccccc3)c3ccccc3-4)nc3occn23)cc1. The number of imidazole rings is 1. The van der Waals surface area contributed by atoms with Gasteiger partial charge in [0.25, 0.3) is 0 Å². The lowest BCUT2D eigenvalue weighted by atomic mass is 9.67. The lowest BCUT2D eigenvalue weighted by Gasteiger charge is -2.34. The van der Waals surface area contributed by atoms with Crippen LogP contribution in [0.5, 0.6) is 0 Å². The number of nitrogens with zero attached hydrogens (tertiary/aromatic N) is 3. The van der Waals surface area contributed by atoms with Gasteiger partial charge in [-0.1, -0.05) is 133 Å². The second kappa shape index (κ2) is 10.5. The maximum atomic E-state index is 5.93. The predicted octanol–water partition coefficient (Wildman–Crippen LogP) is 10.4. The van der Waals surface area contributed by atoms with Crippen LogP contribution in [-0.4, -0.2) is 9.38 Å². The maximum Gasteiger partial charge on any atom is 0.308 e. The molecule has 0 bridgehead atoms. The summed E-state index contributed by atoms with van der Waals surface area (Å²) >= 11 is 0. The third kappa shape index (κ3) is 3.83. The molecule has 9 rings (SSSR count). The fourth-order valence-electron chi connectivity index (χ4n) is 7.32. The molecule has 0 N–H and O–H groups in total. The van der Waals surface area contributed by atoms with Crippen LogP contribution >= 0.6 is 0 Å². The van der Waals surface area contributed by atoms with Crippen molar-refractivity contribution in [1.29, 1.82) is 0 Å². The molecule has 0 fully saturated rings.